The predicted octanol–water partition coefficient (Wildman–Crippen LogP) is 3.49. The zero-order valence-electron chi connectivity index (χ0n) is 13.4. The van der Waals surface area contributed by atoms with E-state index >= 15 is 0 Å². The minimum Gasteiger partial charge on any atom is -0.465 e. The van der Waals surface area contributed by atoms with E-state index in [1.165, 1.54) is 15.7 Å². The summed E-state index contributed by atoms with van der Waals surface area (Å²) in [5, 5.41) is 11.7. The van der Waals surface area contributed by atoms with Gasteiger partial charge in [-0.05, 0) is 43.5 Å². The third-order valence-corrected chi connectivity index (χ3v) is 3.77. The molecule has 0 unspecified atom stereocenters. The number of fused-ring (bicyclic) bond motifs is 1. The van der Waals surface area contributed by atoms with Crippen LogP contribution in [0.4, 0.5) is 4.79 Å². The third kappa shape index (κ3) is 3.98. The van der Waals surface area contributed by atoms with E-state index in [-0.39, 0.29) is 6.04 Å². The van der Waals surface area contributed by atoms with Gasteiger partial charge in [0, 0.05) is 18.1 Å². The van der Waals surface area contributed by atoms with Crippen molar-refractivity contribution in [3.05, 3.63) is 48.0 Å². The molecule has 0 aliphatic rings. The molecule has 1 amide bonds. The molecule has 0 spiro atoms. The van der Waals surface area contributed by atoms with Crippen LogP contribution in [0, 0.1) is 0 Å². The molecule has 0 bridgehead atoms. The fourth-order valence-electron chi connectivity index (χ4n) is 2.61. The molecule has 4 heteroatoms. The summed E-state index contributed by atoms with van der Waals surface area (Å²) in [7, 11) is 0. The van der Waals surface area contributed by atoms with Gasteiger partial charge in [-0.25, -0.2) is 4.79 Å². The van der Waals surface area contributed by atoms with Gasteiger partial charge < -0.3 is 15.7 Å². The molecule has 2 aromatic rings. The maximum Gasteiger partial charge on any atom is 0.407 e. The number of carboxylic acid groups (broad SMARTS) is 1. The number of nitrogens with two attached hydrogens (primary N) is 1. The van der Waals surface area contributed by atoms with E-state index in [1.807, 2.05) is 32.9 Å². The van der Waals surface area contributed by atoms with Gasteiger partial charge in [0.25, 0.3) is 0 Å². The molecule has 1 atom stereocenters. The molecule has 4 nitrogen and oxygen atoms in total. The van der Waals surface area contributed by atoms with Crippen LogP contribution in [0.3, 0.4) is 0 Å². The molecule has 0 aromatic heterocycles. The van der Waals surface area contributed by atoms with E-state index in [9.17, 15) is 9.90 Å². The lowest BCUT2D eigenvalue weighted by Gasteiger charge is -2.35. The van der Waals surface area contributed by atoms with E-state index in [0.717, 1.165) is 5.56 Å². The van der Waals surface area contributed by atoms with Gasteiger partial charge in [-0.3, -0.25) is 0 Å². The second-order valence-electron chi connectivity index (χ2n) is 6.71. The average Bonchev–Trinajstić information content (AvgIpc) is 2.43. The number of amides is 1. The molecule has 118 valence electrons. The standard InChI is InChI=1S/C18H24N2O2/c1-18(2,3)20(17(21)22)12-16(19)11-13-8-9-14-6-4-5-7-15(14)10-13/h4-10,16H,11-12,19H2,1-3H3,(H,21,22)/t16-/m0/s1. The summed E-state index contributed by atoms with van der Waals surface area (Å²) in [6.07, 6.45) is -0.272. The van der Waals surface area contributed by atoms with E-state index in [2.05, 4.69) is 30.3 Å². The molecule has 0 radical (unpaired) electrons. The first kappa shape index (κ1) is 16.3. The van der Waals surface area contributed by atoms with Gasteiger partial charge in [0.05, 0.1) is 0 Å². The highest BCUT2D eigenvalue weighted by molar-refractivity contribution is 5.83. The van der Waals surface area contributed by atoms with Crippen molar-refractivity contribution in [1.82, 2.24) is 4.90 Å². The van der Waals surface area contributed by atoms with Crippen LogP contribution in [0.1, 0.15) is 26.3 Å². The van der Waals surface area contributed by atoms with Gasteiger partial charge in [0.1, 0.15) is 0 Å². The molecule has 22 heavy (non-hydrogen) atoms. The molecule has 0 aliphatic heterocycles. The van der Waals surface area contributed by atoms with Gasteiger partial charge in [-0.1, -0.05) is 42.5 Å². The van der Waals surface area contributed by atoms with Crippen molar-refractivity contribution < 1.29 is 9.90 Å². The Morgan fingerprint density at radius 1 is 1.18 bits per heavy atom. The van der Waals surface area contributed by atoms with Gasteiger partial charge in [-0.2, -0.15) is 0 Å². The molecule has 2 rings (SSSR count). The molecular formula is C18H24N2O2. The van der Waals surface area contributed by atoms with Crippen molar-refractivity contribution in [2.75, 3.05) is 6.54 Å². The topological polar surface area (TPSA) is 66.6 Å². The third-order valence-electron chi connectivity index (χ3n) is 3.77. The van der Waals surface area contributed by atoms with Crippen LogP contribution in [0.5, 0.6) is 0 Å². The molecular weight excluding hydrogens is 276 g/mol. The van der Waals surface area contributed by atoms with E-state index in [1.54, 1.807) is 0 Å². The first-order valence-corrected chi connectivity index (χ1v) is 7.51. The van der Waals surface area contributed by atoms with Gasteiger partial charge >= 0.3 is 6.09 Å². The highest BCUT2D eigenvalue weighted by atomic mass is 16.4. The van der Waals surface area contributed by atoms with Crippen LogP contribution in [0.25, 0.3) is 10.8 Å². The Bertz CT molecular complexity index is 661. The van der Waals surface area contributed by atoms with Crippen LogP contribution >= 0.6 is 0 Å². The number of benzene rings is 2. The fourth-order valence-corrected chi connectivity index (χ4v) is 2.61. The van der Waals surface area contributed by atoms with Gasteiger partial charge in [-0.15, -0.1) is 0 Å². The zero-order chi connectivity index (χ0) is 16.3. The van der Waals surface area contributed by atoms with Gasteiger partial charge in [0.15, 0.2) is 0 Å². The Hall–Kier alpha value is -2.07. The predicted molar refractivity (Wildman–Crippen MR) is 90.1 cm³/mol. The van der Waals surface area contributed by atoms with E-state index < -0.39 is 11.6 Å². The number of nitrogens with zero attached hydrogens (tertiary/aromatic N) is 1. The first-order valence-electron chi connectivity index (χ1n) is 7.51. The SMILES string of the molecule is CC(C)(C)N(C[C@@H](N)Cc1ccc2ccccc2c1)C(=O)O. The summed E-state index contributed by atoms with van der Waals surface area (Å²) >= 11 is 0. The molecule has 0 heterocycles. The number of carbonyl (C=O) groups is 1. The maximum absolute atomic E-state index is 11.4. The van der Waals surface area contributed by atoms with Crippen molar-refractivity contribution >= 4 is 16.9 Å². The smallest absolute Gasteiger partial charge is 0.407 e. The summed E-state index contributed by atoms with van der Waals surface area (Å²) in [4.78, 5) is 12.8. The van der Waals surface area contributed by atoms with Gasteiger partial charge in [0.2, 0.25) is 0 Å². The van der Waals surface area contributed by atoms with Crippen LogP contribution in [0.15, 0.2) is 42.5 Å². The molecule has 0 saturated carbocycles. The summed E-state index contributed by atoms with van der Waals surface area (Å²) < 4.78 is 0. The van der Waals surface area contributed by atoms with Crippen molar-refractivity contribution in [3.8, 4) is 0 Å². The number of rotatable bonds is 4. The molecule has 3 N–H and O–H groups in total. The lowest BCUT2D eigenvalue weighted by molar-refractivity contribution is 0.0960. The first-order chi connectivity index (χ1) is 10.3. The van der Waals surface area contributed by atoms with Crippen molar-refractivity contribution in [1.29, 1.82) is 0 Å². The average molecular weight is 300 g/mol. The Balaban J connectivity index is 2.09. The Labute approximate surface area is 131 Å². The van der Waals surface area contributed by atoms with Crippen LogP contribution in [-0.4, -0.2) is 34.2 Å². The lowest BCUT2D eigenvalue weighted by Crippen LogP contribution is -2.50. The minimum atomic E-state index is -0.929. The van der Waals surface area contributed by atoms with Crippen LogP contribution < -0.4 is 5.73 Å². The summed E-state index contributed by atoms with van der Waals surface area (Å²) in [6, 6.07) is 14.2. The number of hydrogen-bond donors (Lipinski definition) is 2. The summed E-state index contributed by atoms with van der Waals surface area (Å²) in [5.41, 5.74) is 6.86. The Kier molecular flexibility index (Phi) is 4.71. The number of hydrogen-bond acceptors (Lipinski definition) is 2. The van der Waals surface area contributed by atoms with E-state index in [0.29, 0.717) is 13.0 Å². The van der Waals surface area contributed by atoms with Crippen LogP contribution in [0.2, 0.25) is 0 Å². The highest BCUT2D eigenvalue weighted by Gasteiger charge is 2.27. The monoisotopic (exact) mass is 300 g/mol. The Morgan fingerprint density at radius 3 is 2.41 bits per heavy atom. The summed E-state index contributed by atoms with van der Waals surface area (Å²) in [5.74, 6) is 0. The molecule has 0 aliphatic carbocycles. The van der Waals surface area contributed by atoms with Crippen LogP contribution in [-0.2, 0) is 6.42 Å². The second-order valence-corrected chi connectivity index (χ2v) is 6.71. The lowest BCUT2D eigenvalue weighted by atomic mass is 10.00. The fraction of sp³-hybridized carbons (Fsp3) is 0.389. The quantitative estimate of drug-likeness (QED) is 0.908. The second kappa shape index (κ2) is 6.36. The van der Waals surface area contributed by atoms with E-state index in [4.69, 9.17) is 5.73 Å². The largest absolute Gasteiger partial charge is 0.465 e. The normalized spacial score (nSPS) is 13.1. The summed E-state index contributed by atoms with van der Waals surface area (Å²) in [6.45, 7) is 5.96. The molecule has 2 aromatic carbocycles. The van der Waals surface area contributed by atoms with Crippen molar-refractivity contribution in [2.24, 2.45) is 5.73 Å². The molecule has 0 saturated heterocycles. The molecule has 0 fully saturated rings. The highest BCUT2D eigenvalue weighted by Crippen LogP contribution is 2.18. The van der Waals surface area contributed by atoms with Crippen molar-refractivity contribution in [3.63, 3.8) is 0 Å². The minimum absolute atomic E-state index is 0.225. The maximum atomic E-state index is 11.4. The Morgan fingerprint density at radius 2 is 1.82 bits per heavy atom. The zero-order valence-corrected chi connectivity index (χ0v) is 13.4. The van der Waals surface area contributed by atoms with Crippen molar-refractivity contribution in [2.45, 2.75) is 38.8 Å².